The van der Waals surface area contributed by atoms with Crippen LogP contribution in [0.1, 0.15) is 12.0 Å². The van der Waals surface area contributed by atoms with Crippen LogP contribution >= 0.6 is 0 Å². The predicted octanol–water partition coefficient (Wildman–Crippen LogP) is 0.223. The van der Waals surface area contributed by atoms with Crippen LogP contribution in [0, 0.1) is 5.92 Å². The van der Waals surface area contributed by atoms with Crippen molar-refractivity contribution in [3.05, 3.63) is 23.8 Å². The molecule has 2 amide bonds. The second kappa shape index (κ2) is 6.63. The van der Waals surface area contributed by atoms with Crippen molar-refractivity contribution in [2.24, 2.45) is 17.4 Å². The molecule has 6 heteroatoms. The molecule has 19 heavy (non-hydrogen) atoms. The molecule has 0 radical (unpaired) electrons. The van der Waals surface area contributed by atoms with Crippen molar-refractivity contribution in [3.63, 3.8) is 0 Å². The maximum Gasteiger partial charge on any atom is 0.221 e. The summed E-state index contributed by atoms with van der Waals surface area (Å²) in [4.78, 5) is 22.2. The SMILES string of the molecule is COc1ccc(CC(CC(N)=O)C(N)=O)cc1OC. The maximum atomic E-state index is 11.3. The summed E-state index contributed by atoms with van der Waals surface area (Å²) in [5.41, 5.74) is 11.2. The lowest BCUT2D eigenvalue weighted by Gasteiger charge is -2.13. The second-order valence-electron chi connectivity index (χ2n) is 4.16. The zero-order chi connectivity index (χ0) is 14.4. The highest BCUT2D eigenvalue weighted by molar-refractivity contribution is 5.84. The van der Waals surface area contributed by atoms with Crippen molar-refractivity contribution in [2.45, 2.75) is 12.8 Å². The molecule has 0 saturated heterocycles. The van der Waals surface area contributed by atoms with Gasteiger partial charge in [0.15, 0.2) is 11.5 Å². The Morgan fingerprint density at radius 2 is 1.79 bits per heavy atom. The molecule has 0 aliphatic heterocycles. The first-order valence-electron chi connectivity index (χ1n) is 5.76. The Hall–Kier alpha value is -2.24. The number of primary amides is 2. The summed E-state index contributed by atoms with van der Waals surface area (Å²) in [5.74, 6) is -0.562. The highest BCUT2D eigenvalue weighted by atomic mass is 16.5. The molecule has 1 atom stereocenters. The van der Waals surface area contributed by atoms with Gasteiger partial charge in [0, 0.05) is 6.42 Å². The van der Waals surface area contributed by atoms with Gasteiger partial charge in [-0.25, -0.2) is 0 Å². The molecule has 1 aromatic rings. The number of hydrogen-bond donors (Lipinski definition) is 2. The fraction of sp³-hybridized carbons (Fsp3) is 0.385. The highest BCUT2D eigenvalue weighted by Gasteiger charge is 2.19. The van der Waals surface area contributed by atoms with Crippen molar-refractivity contribution in [3.8, 4) is 11.5 Å². The Morgan fingerprint density at radius 1 is 1.16 bits per heavy atom. The van der Waals surface area contributed by atoms with E-state index in [9.17, 15) is 9.59 Å². The van der Waals surface area contributed by atoms with E-state index < -0.39 is 17.7 Å². The molecule has 0 bridgehead atoms. The number of nitrogens with two attached hydrogens (primary N) is 2. The van der Waals surface area contributed by atoms with Crippen LogP contribution in [0.25, 0.3) is 0 Å². The standard InChI is InChI=1S/C13H18N2O4/c1-18-10-4-3-8(6-11(10)19-2)5-9(13(15)17)7-12(14)16/h3-4,6,9H,5,7H2,1-2H3,(H2,14,16)(H2,15,17). The van der Waals surface area contributed by atoms with E-state index in [0.29, 0.717) is 17.9 Å². The van der Waals surface area contributed by atoms with Crippen molar-refractivity contribution >= 4 is 11.8 Å². The summed E-state index contributed by atoms with van der Waals surface area (Å²) in [5, 5.41) is 0. The van der Waals surface area contributed by atoms with Gasteiger partial charge >= 0.3 is 0 Å². The van der Waals surface area contributed by atoms with Crippen LogP contribution in [0.3, 0.4) is 0 Å². The monoisotopic (exact) mass is 266 g/mol. The zero-order valence-corrected chi connectivity index (χ0v) is 11.0. The minimum absolute atomic E-state index is 0.0658. The minimum atomic E-state index is -0.615. The number of rotatable bonds is 7. The quantitative estimate of drug-likeness (QED) is 0.736. The zero-order valence-electron chi connectivity index (χ0n) is 11.0. The van der Waals surface area contributed by atoms with E-state index in [2.05, 4.69) is 0 Å². The normalized spacial score (nSPS) is 11.7. The molecule has 4 N–H and O–H groups in total. The molecule has 6 nitrogen and oxygen atoms in total. The van der Waals surface area contributed by atoms with Gasteiger partial charge in [0.05, 0.1) is 20.1 Å². The summed E-state index contributed by atoms with van der Waals surface area (Å²) in [7, 11) is 3.06. The lowest BCUT2D eigenvalue weighted by molar-refractivity contribution is -0.126. The molecule has 1 rings (SSSR count). The summed E-state index contributed by atoms with van der Waals surface area (Å²) < 4.78 is 10.3. The molecule has 1 unspecified atom stereocenters. The van der Waals surface area contributed by atoms with Crippen LogP contribution in [0.4, 0.5) is 0 Å². The third kappa shape index (κ3) is 4.17. The maximum absolute atomic E-state index is 11.3. The summed E-state index contributed by atoms with van der Waals surface area (Å²) in [6.45, 7) is 0. The first-order chi connectivity index (χ1) is 8.97. The lowest BCUT2D eigenvalue weighted by Crippen LogP contribution is -2.29. The Kier molecular flexibility index (Phi) is 5.17. The number of amides is 2. The predicted molar refractivity (Wildman–Crippen MR) is 69.7 cm³/mol. The third-order valence-electron chi connectivity index (χ3n) is 2.78. The smallest absolute Gasteiger partial charge is 0.221 e. The summed E-state index contributed by atoms with van der Waals surface area (Å²) in [6, 6.07) is 5.27. The van der Waals surface area contributed by atoms with E-state index in [1.807, 2.05) is 0 Å². The van der Waals surface area contributed by atoms with E-state index in [4.69, 9.17) is 20.9 Å². The van der Waals surface area contributed by atoms with Gasteiger partial charge < -0.3 is 20.9 Å². The summed E-state index contributed by atoms with van der Waals surface area (Å²) >= 11 is 0. The van der Waals surface area contributed by atoms with Crippen LogP contribution in [0.5, 0.6) is 11.5 Å². The van der Waals surface area contributed by atoms with Gasteiger partial charge in [-0.2, -0.15) is 0 Å². The van der Waals surface area contributed by atoms with Crippen molar-refractivity contribution < 1.29 is 19.1 Å². The Balaban J connectivity index is 2.90. The van der Waals surface area contributed by atoms with E-state index in [0.717, 1.165) is 5.56 Å². The summed E-state index contributed by atoms with van der Waals surface area (Å²) in [6.07, 6.45) is 0.266. The van der Waals surface area contributed by atoms with E-state index in [1.165, 1.54) is 14.2 Å². The van der Waals surface area contributed by atoms with Crippen molar-refractivity contribution in [1.82, 2.24) is 0 Å². The van der Waals surface area contributed by atoms with E-state index in [-0.39, 0.29) is 6.42 Å². The molecule has 0 heterocycles. The van der Waals surface area contributed by atoms with Crippen LogP contribution in [-0.2, 0) is 16.0 Å². The van der Waals surface area contributed by atoms with Crippen LogP contribution in [0.2, 0.25) is 0 Å². The largest absolute Gasteiger partial charge is 0.493 e. The molecule has 0 fully saturated rings. The number of ether oxygens (including phenoxy) is 2. The van der Waals surface area contributed by atoms with Crippen LogP contribution < -0.4 is 20.9 Å². The Morgan fingerprint density at radius 3 is 2.26 bits per heavy atom. The number of benzene rings is 1. The first kappa shape index (κ1) is 14.8. The molecule has 1 aromatic carbocycles. The van der Waals surface area contributed by atoms with Gasteiger partial charge in [0.25, 0.3) is 0 Å². The topological polar surface area (TPSA) is 105 Å². The molecule has 0 aliphatic rings. The molecular formula is C13H18N2O4. The van der Waals surface area contributed by atoms with Crippen molar-refractivity contribution in [1.29, 1.82) is 0 Å². The Labute approximate surface area is 111 Å². The molecule has 0 spiro atoms. The molecule has 104 valence electrons. The third-order valence-corrected chi connectivity index (χ3v) is 2.78. The fourth-order valence-corrected chi connectivity index (χ4v) is 1.81. The van der Waals surface area contributed by atoms with Gasteiger partial charge in [-0.05, 0) is 24.1 Å². The number of methoxy groups -OCH3 is 2. The van der Waals surface area contributed by atoms with Gasteiger partial charge in [0.2, 0.25) is 11.8 Å². The van der Waals surface area contributed by atoms with Crippen molar-refractivity contribution in [2.75, 3.05) is 14.2 Å². The number of hydrogen-bond acceptors (Lipinski definition) is 4. The molecular weight excluding hydrogens is 248 g/mol. The first-order valence-corrected chi connectivity index (χ1v) is 5.76. The van der Waals surface area contributed by atoms with Crippen LogP contribution in [0.15, 0.2) is 18.2 Å². The highest BCUT2D eigenvalue weighted by Crippen LogP contribution is 2.28. The number of carbonyl (C=O) groups is 2. The van der Waals surface area contributed by atoms with Gasteiger partial charge in [-0.3, -0.25) is 9.59 Å². The van der Waals surface area contributed by atoms with E-state index >= 15 is 0 Å². The van der Waals surface area contributed by atoms with Crippen LogP contribution in [-0.4, -0.2) is 26.0 Å². The molecule has 0 aliphatic carbocycles. The molecule has 0 saturated carbocycles. The average molecular weight is 266 g/mol. The fourth-order valence-electron chi connectivity index (χ4n) is 1.81. The Bertz CT molecular complexity index is 474. The lowest BCUT2D eigenvalue weighted by atomic mass is 9.95. The average Bonchev–Trinajstić information content (AvgIpc) is 2.37. The number of carbonyl (C=O) groups excluding carboxylic acids is 2. The van der Waals surface area contributed by atoms with Gasteiger partial charge in [0.1, 0.15) is 0 Å². The van der Waals surface area contributed by atoms with E-state index in [1.54, 1.807) is 18.2 Å². The molecule has 0 aromatic heterocycles. The second-order valence-corrected chi connectivity index (χ2v) is 4.16. The van der Waals surface area contributed by atoms with Gasteiger partial charge in [-0.15, -0.1) is 0 Å². The van der Waals surface area contributed by atoms with Gasteiger partial charge in [-0.1, -0.05) is 6.07 Å². The minimum Gasteiger partial charge on any atom is -0.493 e.